The van der Waals surface area contributed by atoms with E-state index in [1.807, 2.05) is 54.6 Å². The van der Waals surface area contributed by atoms with Crippen molar-refractivity contribution in [2.45, 2.75) is 28.1 Å². The molecule has 3 aromatic rings. The molecule has 2 bridgehead atoms. The van der Waals surface area contributed by atoms with Crippen molar-refractivity contribution in [3.63, 3.8) is 0 Å². The van der Waals surface area contributed by atoms with E-state index in [0.717, 1.165) is 22.3 Å². The minimum Gasteiger partial charge on any atom is -0.388 e. The van der Waals surface area contributed by atoms with Gasteiger partial charge in [0.2, 0.25) is 0 Å². The zero-order valence-electron chi connectivity index (χ0n) is 14.0. The summed E-state index contributed by atoms with van der Waals surface area (Å²) in [4.78, 5) is 0.319. The zero-order chi connectivity index (χ0) is 17.9. The zero-order valence-corrected chi connectivity index (χ0v) is 14.8. The molecule has 4 heteroatoms. The second kappa shape index (κ2) is 5.53. The first-order valence-electron chi connectivity index (χ1n) is 8.75. The Balaban J connectivity index is 1.79. The Hall–Kier alpha value is -2.43. The van der Waals surface area contributed by atoms with Gasteiger partial charge in [-0.2, -0.15) is 0 Å². The maximum atomic E-state index is 13.6. The number of hydrogen-bond acceptors (Lipinski definition) is 3. The molecule has 0 radical (unpaired) electrons. The molecule has 0 heterocycles. The molecule has 0 amide bonds. The Bertz CT molecular complexity index is 1090. The highest BCUT2D eigenvalue weighted by Crippen LogP contribution is 2.59. The molecule has 26 heavy (non-hydrogen) atoms. The van der Waals surface area contributed by atoms with Crippen molar-refractivity contribution in [1.29, 1.82) is 0 Å². The van der Waals surface area contributed by atoms with Crippen molar-refractivity contribution in [2.75, 3.05) is 0 Å². The lowest BCUT2D eigenvalue weighted by Gasteiger charge is -2.35. The molecule has 5 rings (SSSR count). The van der Waals surface area contributed by atoms with E-state index in [9.17, 15) is 13.5 Å². The molecular weight excluding hydrogens is 344 g/mol. The highest BCUT2D eigenvalue weighted by molar-refractivity contribution is 7.92. The van der Waals surface area contributed by atoms with Crippen LogP contribution in [0.25, 0.3) is 0 Å². The predicted molar refractivity (Wildman–Crippen MR) is 99.8 cm³/mol. The Kier molecular flexibility index (Phi) is 3.36. The van der Waals surface area contributed by atoms with Gasteiger partial charge in [0.25, 0.3) is 0 Å². The molecule has 0 saturated heterocycles. The SMILES string of the molecule is O=S(=O)(c1ccccc1)[C@H]1[C@@H]2c3ccccc3[C@@H]1[C@H](O)c1ccccc12. The molecular formula is C22H18O3S. The summed E-state index contributed by atoms with van der Waals surface area (Å²) in [5, 5.41) is 10.4. The molecule has 3 nitrogen and oxygen atoms in total. The summed E-state index contributed by atoms with van der Waals surface area (Å²) in [6.07, 6.45) is -0.824. The smallest absolute Gasteiger partial charge is 0.182 e. The van der Waals surface area contributed by atoms with Gasteiger partial charge in [-0.25, -0.2) is 8.42 Å². The first-order valence-corrected chi connectivity index (χ1v) is 10.3. The largest absolute Gasteiger partial charge is 0.388 e. The number of aliphatic hydroxyl groups excluding tert-OH is 1. The lowest BCUT2D eigenvalue weighted by Crippen LogP contribution is -2.37. The maximum absolute atomic E-state index is 13.6. The van der Waals surface area contributed by atoms with Crippen LogP contribution in [0, 0.1) is 0 Å². The van der Waals surface area contributed by atoms with E-state index in [4.69, 9.17) is 0 Å². The standard InChI is InChI=1S/C22H18O3S/c23-21-18-13-7-6-12-17(18)19-15-10-4-5-11-16(15)20(21)22(19)26(24,25)14-8-2-1-3-9-14/h1-13,19-23H/t19-,20-,21-,22+/m1/s1. The molecule has 3 aromatic carbocycles. The second-order valence-corrected chi connectivity index (χ2v) is 9.13. The first-order chi connectivity index (χ1) is 12.6. The fourth-order valence-corrected chi connectivity index (χ4v) is 6.93. The first kappa shape index (κ1) is 15.8. The summed E-state index contributed by atoms with van der Waals surface area (Å²) in [6.45, 7) is 0. The number of fused-ring (bicyclic) bond motifs is 7. The summed E-state index contributed by atoms with van der Waals surface area (Å²) >= 11 is 0. The molecule has 1 N–H and O–H groups in total. The highest BCUT2D eigenvalue weighted by Gasteiger charge is 2.55. The van der Waals surface area contributed by atoms with E-state index in [0.29, 0.717) is 4.90 Å². The quantitative estimate of drug-likeness (QED) is 0.754. The van der Waals surface area contributed by atoms with E-state index in [1.54, 1.807) is 24.3 Å². The third kappa shape index (κ3) is 2.00. The van der Waals surface area contributed by atoms with Crippen molar-refractivity contribution in [3.8, 4) is 0 Å². The summed E-state index contributed by atoms with van der Waals surface area (Å²) in [5.41, 5.74) is 3.74. The average molecular weight is 362 g/mol. The van der Waals surface area contributed by atoms with Gasteiger partial charge in [0, 0.05) is 11.8 Å². The van der Waals surface area contributed by atoms with Crippen molar-refractivity contribution < 1.29 is 13.5 Å². The third-order valence-electron chi connectivity index (χ3n) is 5.79. The number of rotatable bonds is 2. The number of hydrogen-bond donors (Lipinski definition) is 1. The Morgan fingerprint density at radius 3 is 1.81 bits per heavy atom. The summed E-state index contributed by atoms with van der Waals surface area (Å²) < 4.78 is 27.1. The third-order valence-corrected chi connectivity index (χ3v) is 8.00. The molecule has 2 aliphatic carbocycles. The van der Waals surface area contributed by atoms with Crippen LogP contribution in [-0.4, -0.2) is 18.8 Å². The maximum Gasteiger partial charge on any atom is 0.182 e. The molecule has 0 fully saturated rings. The van der Waals surface area contributed by atoms with Crippen molar-refractivity contribution in [1.82, 2.24) is 0 Å². The second-order valence-electron chi connectivity index (χ2n) is 7.03. The van der Waals surface area contributed by atoms with Crippen LogP contribution in [0.4, 0.5) is 0 Å². The summed E-state index contributed by atoms with van der Waals surface area (Å²) in [5.74, 6) is -0.697. The van der Waals surface area contributed by atoms with Crippen LogP contribution in [0.5, 0.6) is 0 Å². The molecule has 2 aliphatic rings. The van der Waals surface area contributed by atoms with Gasteiger partial charge in [0.05, 0.1) is 16.2 Å². The predicted octanol–water partition coefficient (Wildman–Crippen LogP) is 3.81. The molecule has 130 valence electrons. The Morgan fingerprint density at radius 1 is 0.654 bits per heavy atom. The minimum atomic E-state index is -3.60. The lowest BCUT2D eigenvalue weighted by molar-refractivity contribution is 0.136. The van der Waals surface area contributed by atoms with Gasteiger partial charge >= 0.3 is 0 Å². The van der Waals surface area contributed by atoms with E-state index < -0.39 is 27.1 Å². The van der Waals surface area contributed by atoms with Crippen LogP contribution < -0.4 is 0 Å². The van der Waals surface area contributed by atoms with E-state index in [2.05, 4.69) is 0 Å². The molecule has 4 atom stereocenters. The van der Waals surface area contributed by atoms with Crippen LogP contribution >= 0.6 is 0 Å². The van der Waals surface area contributed by atoms with Gasteiger partial charge in [0.15, 0.2) is 9.84 Å². The van der Waals surface area contributed by atoms with Gasteiger partial charge < -0.3 is 5.11 Å². The Morgan fingerprint density at radius 2 is 1.15 bits per heavy atom. The van der Waals surface area contributed by atoms with Crippen molar-refractivity contribution >= 4 is 9.84 Å². The van der Waals surface area contributed by atoms with Crippen LogP contribution in [0.1, 0.15) is 40.2 Å². The molecule has 0 saturated carbocycles. The van der Waals surface area contributed by atoms with E-state index in [-0.39, 0.29) is 5.92 Å². The number of sulfone groups is 1. The minimum absolute atomic E-state index is 0.249. The van der Waals surface area contributed by atoms with Crippen LogP contribution in [0.15, 0.2) is 83.8 Å². The van der Waals surface area contributed by atoms with Crippen LogP contribution in [0.3, 0.4) is 0 Å². The van der Waals surface area contributed by atoms with Gasteiger partial charge in [-0.3, -0.25) is 0 Å². The molecule has 0 spiro atoms. The van der Waals surface area contributed by atoms with Crippen molar-refractivity contribution in [3.05, 3.63) is 101 Å². The highest BCUT2D eigenvalue weighted by atomic mass is 32.2. The van der Waals surface area contributed by atoms with Gasteiger partial charge in [-0.1, -0.05) is 66.7 Å². The van der Waals surface area contributed by atoms with E-state index in [1.165, 1.54) is 0 Å². The molecule has 0 aromatic heterocycles. The van der Waals surface area contributed by atoms with Gasteiger partial charge in [0.1, 0.15) is 0 Å². The van der Waals surface area contributed by atoms with Gasteiger partial charge in [-0.15, -0.1) is 0 Å². The molecule has 0 unspecified atom stereocenters. The fourth-order valence-electron chi connectivity index (χ4n) is 4.75. The molecule has 0 aliphatic heterocycles. The van der Waals surface area contributed by atoms with Crippen LogP contribution in [0.2, 0.25) is 0 Å². The number of aliphatic hydroxyl groups is 1. The monoisotopic (exact) mass is 362 g/mol. The van der Waals surface area contributed by atoms with Gasteiger partial charge in [-0.05, 0) is 34.4 Å². The lowest BCUT2D eigenvalue weighted by atomic mass is 9.79. The van der Waals surface area contributed by atoms with Crippen LogP contribution in [-0.2, 0) is 9.84 Å². The van der Waals surface area contributed by atoms with Crippen molar-refractivity contribution in [2.24, 2.45) is 0 Å². The summed E-state index contributed by atoms with van der Waals surface area (Å²) in [7, 11) is -3.60. The summed E-state index contributed by atoms with van der Waals surface area (Å²) in [6, 6.07) is 24.1. The fraction of sp³-hybridized carbons (Fsp3) is 0.182. The Labute approximate surface area is 152 Å². The van der Waals surface area contributed by atoms with E-state index >= 15 is 0 Å². The normalized spacial score (nSPS) is 26.2. The number of benzene rings is 3. The topological polar surface area (TPSA) is 54.4 Å². The average Bonchev–Trinajstić information content (AvgIpc) is 2.99.